The van der Waals surface area contributed by atoms with E-state index in [0.29, 0.717) is 0 Å². The first-order chi connectivity index (χ1) is 11.9. The van der Waals surface area contributed by atoms with Crippen molar-refractivity contribution in [3.8, 4) is 23.7 Å². The molecule has 0 aliphatic rings. The van der Waals surface area contributed by atoms with Crippen LogP contribution in [0.15, 0.2) is 91.0 Å². The normalized spacial score (nSPS) is 10.0. The molecule has 0 unspecified atom stereocenters. The molecule has 3 aromatic carbocycles. The Morgan fingerprint density at radius 1 is 0.542 bits per heavy atom. The minimum atomic E-state index is -0.534. The van der Waals surface area contributed by atoms with E-state index in [-0.39, 0.29) is 0 Å². The van der Waals surface area contributed by atoms with Crippen LogP contribution in [0.3, 0.4) is 0 Å². The first-order valence-corrected chi connectivity index (χ1v) is 7.98. The molecular formula is C24H18. The maximum atomic E-state index is 3.46. The van der Waals surface area contributed by atoms with Gasteiger partial charge in [0.1, 0.15) is 5.41 Å². The second-order valence-corrected chi connectivity index (χ2v) is 5.47. The molecule has 0 nitrogen and oxygen atoms in total. The number of rotatable bonds is 3. The molecule has 3 rings (SSSR count). The molecule has 0 aromatic heterocycles. The molecule has 0 saturated carbocycles. The van der Waals surface area contributed by atoms with Crippen LogP contribution >= 0.6 is 0 Å². The van der Waals surface area contributed by atoms with Crippen LogP contribution in [-0.2, 0) is 5.41 Å². The second-order valence-electron chi connectivity index (χ2n) is 5.47. The molecule has 0 heterocycles. The molecule has 0 spiro atoms. The van der Waals surface area contributed by atoms with Gasteiger partial charge in [-0.25, -0.2) is 0 Å². The second kappa shape index (κ2) is 7.36. The van der Waals surface area contributed by atoms with Crippen LogP contribution in [0.2, 0.25) is 0 Å². The molecule has 114 valence electrons. The minimum Gasteiger partial charge on any atom is -0.0925 e. The van der Waals surface area contributed by atoms with Crippen molar-refractivity contribution in [1.29, 1.82) is 0 Å². The Morgan fingerprint density at radius 3 is 1.25 bits per heavy atom. The van der Waals surface area contributed by atoms with Gasteiger partial charge in [0.2, 0.25) is 0 Å². The lowest BCUT2D eigenvalue weighted by Gasteiger charge is -2.30. The molecule has 0 radical (unpaired) electrons. The van der Waals surface area contributed by atoms with Crippen LogP contribution in [0.5, 0.6) is 0 Å². The highest BCUT2D eigenvalue weighted by atomic mass is 14.3. The maximum absolute atomic E-state index is 3.46. The molecule has 0 amide bonds. The fraction of sp³-hybridized carbons (Fsp3) is 0.0833. The third-order valence-corrected chi connectivity index (χ3v) is 4.06. The monoisotopic (exact) mass is 306 g/mol. The van der Waals surface area contributed by atoms with Gasteiger partial charge in [-0.2, -0.15) is 0 Å². The Bertz CT molecular complexity index is 802. The molecule has 0 aliphatic carbocycles. The molecule has 0 saturated heterocycles. The maximum Gasteiger partial charge on any atom is 0.107 e. The van der Waals surface area contributed by atoms with Gasteiger partial charge in [-0.3, -0.25) is 0 Å². The van der Waals surface area contributed by atoms with Crippen molar-refractivity contribution < 1.29 is 0 Å². The fourth-order valence-electron chi connectivity index (χ4n) is 2.97. The van der Waals surface area contributed by atoms with Crippen LogP contribution in [0.25, 0.3) is 0 Å². The predicted octanol–water partition coefficient (Wildman–Crippen LogP) is 5.05. The third kappa shape index (κ3) is 2.96. The molecule has 0 atom stereocenters. The summed E-state index contributed by atoms with van der Waals surface area (Å²) in [6.07, 6.45) is 0. The van der Waals surface area contributed by atoms with Gasteiger partial charge < -0.3 is 0 Å². The Hall–Kier alpha value is -3.22. The Kier molecular flexibility index (Phi) is 4.81. The summed E-state index contributed by atoms with van der Waals surface area (Å²) in [6.45, 7) is 1.81. The molecule has 0 heteroatoms. The zero-order valence-corrected chi connectivity index (χ0v) is 13.7. The fourth-order valence-corrected chi connectivity index (χ4v) is 2.97. The first-order valence-electron chi connectivity index (χ1n) is 7.98. The highest BCUT2D eigenvalue weighted by Crippen LogP contribution is 2.38. The van der Waals surface area contributed by atoms with Gasteiger partial charge in [-0.15, -0.1) is 0 Å². The van der Waals surface area contributed by atoms with Crippen molar-refractivity contribution in [3.05, 3.63) is 108 Å². The van der Waals surface area contributed by atoms with Crippen molar-refractivity contribution in [2.75, 3.05) is 0 Å². The summed E-state index contributed by atoms with van der Waals surface area (Å²) in [5.74, 6) is 12.3. The lowest BCUT2D eigenvalue weighted by atomic mass is 9.70. The van der Waals surface area contributed by atoms with Crippen LogP contribution in [0, 0.1) is 23.7 Å². The summed E-state index contributed by atoms with van der Waals surface area (Å²) in [4.78, 5) is 0. The predicted molar refractivity (Wildman–Crippen MR) is 100 cm³/mol. The van der Waals surface area contributed by atoms with Crippen molar-refractivity contribution in [1.82, 2.24) is 0 Å². The van der Waals surface area contributed by atoms with Gasteiger partial charge in [0.25, 0.3) is 0 Å². The van der Waals surface area contributed by atoms with E-state index in [1.54, 1.807) is 0 Å². The van der Waals surface area contributed by atoms with Gasteiger partial charge >= 0.3 is 0 Å². The first kappa shape index (κ1) is 15.7. The standard InChI is InChI=1S/C24H18/c1-2-3-13-20-24(21-14-7-4-8-15-21,22-16-9-5-10-17-22)23-18-11-6-12-19-23/h4-12,14-19H,1H3. The summed E-state index contributed by atoms with van der Waals surface area (Å²) in [6, 6.07) is 31.2. The number of hydrogen-bond acceptors (Lipinski definition) is 0. The Morgan fingerprint density at radius 2 is 0.917 bits per heavy atom. The van der Waals surface area contributed by atoms with Crippen molar-refractivity contribution in [2.24, 2.45) is 0 Å². The molecule has 0 bridgehead atoms. The summed E-state index contributed by atoms with van der Waals surface area (Å²) in [5.41, 5.74) is 2.90. The van der Waals surface area contributed by atoms with Crippen LogP contribution in [0.1, 0.15) is 23.6 Å². The zero-order valence-electron chi connectivity index (χ0n) is 13.7. The van der Waals surface area contributed by atoms with Crippen molar-refractivity contribution >= 4 is 0 Å². The molecule has 24 heavy (non-hydrogen) atoms. The highest BCUT2D eigenvalue weighted by Gasteiger charge is 2.34. The topological polar surface area (TPSA) is 0 Å². The molecule has 0 fully saturated rings. The number of benzene rings is 3. The van der Waals surface area contributed by atoms with E-state index in [0.717, 1.165) is 16.7 Å². The SMILES string of the molecule is CC#CC#CC(c1ccccc1)(c1ccccc1)c1ccccc1. The van der Waals surface area contributed by atoms with Gasteiger partial charge in [0.05, 0.1) is 0 Å². The van der Waals surface area contributed by atoms with Gasteiger partial charge in [-0.05, 0) is 35.5 Å². The van der Waals surface area contributed by atoms with Crippen LogP contribution in [0.4, 0.5) is 0 Å². The van der Waals surface area contributed by atoms with E-state index in [2.05, 4.69) is 96.5 Å². The van der Waals surface area contributed by atoms with Gasteiger partial charge in [0, 0.05) is 0 Å². The quantitative estimate of drug-likeness (QED) is 0.469. The van der Waals surface area contributed by atoms with E-state index in [1.807, 2.05) is 25.1 Å². The lowest BCUT2D eigenvalue weighted by Crippen LogP contribution is -2.27. The minimum absolute atomic E-state index is 0.534. The van der Waals surface area contributed by atoms with Crippen molar-refractivity contribution in [3.63, 3.8) is 0 Å². The van der Waals surface area contributed by atoms with E-state index in [4.69, 9.17) is 0 Å². The average molecular weight is 306 g/mol. The molecule has 0 aliphatic heterocycles. The summed E-state index contributed by atoms with van der Waals surface area (Å²) in [7, 11) is 0. The van der Waals surface area contributed by atoms with Crippen LogP contribution in [-0.4, -0.2) is 0 Å². The van der Waals surface area contributed by atoms with E-state index in [9.17, 15) is 0 Å². The summed E-state index contributed by atoms with van der Waals surface area (Å²) >= 11 is 0. The Labute approximate surface area is 144 Å². The van der Waals surface area contributed by atoms with E-state index < -0.39 is 5.41 Å². The zero-order chi connectivity index (χ0) is 16.7. The summed E-state index contributed by atoms with van der Waals surface area (Å²) < 4.78 is 0. The highest BCUT2D eigenvalue weighted by molar-refractivity contribution is 5.59. The molecule has 3 aromatic rings. The van der Waals surface area contributed by atoms with E-state index >= 15 is 0 Å². The lowest BCUT2D eigenvalue weighted by molar-refractivity contribution is 0.809. The van der Waals surface area contributed by atoms with Gasteiger partial charge in [0.15, 0.2) is 0 Å². The largest absolute Gasteiger partial charge is 0.107 e. The third-order valence-electron chi connectivity index (χ3n) is 4.06. The molecular weight excluding hydrogens is 288 g/mol. The van der Waals surface area contributed by atoms with Crippen molar-refractivity contribution in [2.45, 2.75) is 12.3 Å². The van der Waals surface area contributed by atoms with Gasteiger partial charge in [-0.1, -0.05) is 103 Å². The average Bonchev–Trinajstić information content (AvgIpc) is 2.68. The van der Waals surface area contributed by atoms with Crippen LogP contribution < -0.4 is 0 Å². The van der Waals surface area contributed by atoms with E-state index in [1.165, 1.54) is 0 Å². The summed E-state index contributed by atoms with van der Waals surface area (Å²) in [5, 5.41) is 0. The molecule has 0 N–H and O–H groups in total. The Balaban J connectivity index is 2.37. The number of hydrogen-bond donors (Lipinski definition) is 0. The smallest absolute Gasteiger partial charge is 0.0925 e.